The molecule has 1 aliphatic heterocycles. The van der Waals surface area contributed by atoms with Crippen LogP contribution in [0.25, 0.3) is 6.08 Å². The fourth-order valence-corrected chi connectivity index (χ4v) is 5.01. The summed E-state index contributed by atoms with van der Waals surface area (Å²) < 4.78 is 12.9. The second kappa shape index (κ2) is 9.49. The van der Waals surface area contributed by atoms with Crippen LogP contribution < -0.4 is 14.4 Å². The van der Waals surface area contributed by atoms with E-state index in [-0.39, 0.29) is 5.91 Å². The molecule has 1 amide bonds. The highest BCUT2D eigenvalue weighted by Crippen LogP contribution is 2.39. The van der Waals surface area contributed by atoms with E-state index in [9.17, 15) is 4.79 Å². The number of thiocarbonyl (C=S) groups is 1. The van der Waals surface area contributed by atoms with Gasteiger partial charge in [0.2, 0.25) is 0 Å². The molecule has 0 aliphatic carbocycles. The number of thioether (sulfide) groups is 1. The standard InChI is InChI=1S/C22H22INO3S2/c1-5-26-18-11-15(10-17(23)20(18)27-6-2)12-19-21(25)24(22(28)29-19)16-8-7-13(3)14(4)9-16/h7-12H,5-6H2,1-4H3. The molecule has 0 unspecified atom stereocenters. The second-order valence-corrected chi connectivity index (χ2v) is 9.32. The number of aryl methyl sites for hydroxylation is 2. The van der Waals surface area contributed by atoms with E-state index in [1.165, 1.54) is 17.3 Å². The Labute approximate surface area is 194 Å². The minimum atomic E-state index is -0.106. The molecular formula is C22H22INO3S2. The first-order valence-electron chi connectivity index (χ1n) is 9.30. The van der Waals surface area contributed by atoms with E-state index in [1.54, 1.807) is 4.90 Å². The molecular weight excluding hydrogens is 517 g/mol. The molecule has 4 nitrogen and oxygen atoms in total. The fraction of sp³-hybridized carbons (Fsp3) is 0.273. The number of halogens is 1. The van der Waals surface area contributed by atoms with E-state index in [0.29, 0.717) is 28.2 Å². The summed E-state index contributed by atoms with van der Waals surface area (Å²) in [5, 5.41) is 0. The van der Waals surface area contributed by atoms with E-state index >= 15 is 0 Å². The molecule has 1 saturated heterocycles. The quantitative estimate of drug-likeness (QED) is 0.252. The smallest absolute Gasteiger partial charge is 0.270 e. The van der Waals surface area contributed by atoms with Crippen LogP contribution in [0.15, 0.2) is 35.2 Å². The highest BCUT2D eigenvalue weighted by molar-refractivity contribution is 14.1. The molecule has 1 aliphatic rings. The zero-order valence-electron chi connectivity index (χ0n) is 16.7. The molecule has 152 valence electrons. The first-order valence-corrected chi connectivity index (χ1v) is 11.6. The zero-order valence-corrected chi connectivity index (χ0v) is 20.5. The van der Waals surface area contributed by atoms with E-state index in [1.807, 2.05) is 64.1 Å². The summed E-state index contributed by atoms with van der Waals surface area (Å²) in [6.07, 6.45) is 1.86. The number of ether oxygens (including phenoxy) is 2. The third-order valence-corrected chi connectivity index (χ3v) is 6.56. The normalized spacial score (nSPS) is 15.3. The van der Waals surface area contributed by atoms with Crippen molar-refractivity contribution in [3.63, 3.8) is 0 Å². The van der Waals surface area contributed by atoms with Gasteiger partial charge in [0.25, 0.3) is 5.91 Å². The van der Waals surface area contributed by atoms with Crippen LogP contribution in [0.1, 0.15) is 30.5 Å². The Balaban J connectivity index is 1.95. The van der Waals surface area contributed by atoms with Gasteiger partial charge in [0, 0.05) is 0 Å². The van der Waals surface area contributed by atoms with Gasteiger partial charge >= 0.3 is 0 Å². The van der Waals surface area contributed by atoms with Crippen LogP contribution in [0.2, 0.25) is 0 Å². The Kier molecular flexibility index (Phi) is 7.23. The highest BCUT2D eigenvalue weighted by Gasteiger charge is 2.33. The van der Waals surface area contributed by atoms with E-state index in [2.05, 4.69) is 22.6 Å². The van der Waals surface area contributed by atoms with Gasteiger partial charge in [0.1, 0.15) is 0 Å². The van der Waals surface area contributed by atoms with Crippen LogP contribution in [0, 0.1) is 17.4 Å². The molecule has 3 rings (SSSR count). The number of rotatable bonds is 6. The monoisotopic (exact) mass is 539 g/mol. The first kappa shape index (κ1) is 22.1. The Hall–Kier alpha value is -1.58. The lowest BCUT2D eigenvalue weighted by Crippen LogP contribution is -2.27. The second-order valence-electron chi connectivity index (χ2n) is 6.48. The van der Waals surface area contributed by atoms with Crippen LogP contribution in [0.4, 0.5) is 5.69 Å². The molecule has 0 spiro atoms. The van der Waals surface area contributed by atoms with Gasteiger partial charge in [0.15, 0.2) is 15.8 Å². The van der Waals surface area contributed by atoms with Crippen molar-refractivity contribution >= 4 is 68.6 Å². The number of hydrogen-bond acceptors (Lipinski definition) is 5. The Morgan fingerprint density at radius 1 is 1.10 bits per heavy atom. The van der Waals surface area contributed by atoms with Crippen molar-refractivity contribution in [1.82, 2.24) is 0 Å². The average molecular weight is 539 g/mol. The van der Waals surface area contributed by atoms with Gasteiger partial charge in [-0.3, -0.25) is 9.69 Å². The maximum Gasteiger partial charge on any atom is 0.270 e. The van der Waals surface area contributed by atoms with Gasteiger partial charge in [-0.2, -0.15) is 0 Å². The maximum absolute atomic E-state index is 13.1. The molecule has 0 atom stereocenters. The number of carbonyl (C=O) groups excluding carboxylic acids is 1. The number of amides is 1. The summed E-state index contributed by atoms with van der Waals surface area (Å²) in [7, 11) is 0. The van der Waals surface area contributed by atoms with Gasteiger partial charge in [-0.1, -0.05) is 30.0 Å². The van der Waals surface area contributed by atoms with Crippen molar-refractivity contribution in [2.45, 2.75) is 27.7 Å². The predicted molar refractivity (Wildman–Crippen MR) is 133 cm³/mol. The van der Waals surface area contributed by atoms with Crippen molar-refractivity contribution in [1.29, 1.82) is 0 Å². The molecule has 0 radical (unpaired) electrons. The third kappa shape index (κ3) is 4.78. The van der Waals surface area contributed by atoms with E-state index in [4.69, 9.17) is 21.7 Å². The lowest BCUT2D eigenvalue weighted by molar-refractivity contribution is -0.113. The Bertz CT molecular complexity index is 1000. The summed E-state index contributed by atoms with van der Waals surface area (Å²) in [4.78, 5) is 15.3. The molecule has 0 aromatic heterocycles. The zero-order chi connectivity index (χ0) is 21.1. The van der Waals surface area contributed by atoms with Gasteiger partial charge in [-0.15, -0.1) is 0 Å². The lowest BCUT2D eigenvalue weighted by Gasteiger charge is -2.16. The van der Waals surface area contributed by atoms with Crippen LogP contribution in [-0.2, 0) is 4.79 Å². The van der Waals surface area contributed by atoms with Gasteiger partial charge in [-0.25, -0.2) is 0 Å². The topological polar surface area (TPSA) is 38.8 Å². The van der Waals surface area contributed by atoms with Crippen molar-refractivity contribution in [3.05, 3.63) is 55.5 Å². The van der Waals surface area contributed by atoms with Gasteiger partial charge in [-0.05, 0) is 97.3 Å². The number of anilines is 1. The number of nitrogens with zero attached hydrogens (tertiary/aromatic N) is 1. The number of hydrogen-bond donors (Lipinski definition) is 0. The summed E-state index contributed by atoms with van der Waals surface area (Å²) >= 11 is 9.04. The van der Waals surface area contributed by atoms with E-state index in [0.717, 1.165) is 26.1 Å². The predicted octanol–water partition coefficient (Wildman–Crippen LogP) is 6.11. The third-order valence-electron chi connectivity index (χ3n) is 4.46. The average Bonchev–Trinajstić information content (AvgIpc) is 2.94. The Morgan fingerprint density at radius 2 is 1.83 bits per heavy atom. The lowest BCUT2D eigenvalue weighted by atomic mass is 10.1. The molecule has 1 fully saturated rings. The molecule has 0 saturated carbocycles. The largest absolute Gasteiger partial charge is 0.490 e. The van der Waals surface area contributed by atoms with Crippen LogP contribution in [0.5, 0.6) is 11.5 Å². The van der Waals surface area contributed by atoms with Crippen LogP contribution in [0.3, 0.4) is 0 Å². The van der Waals surface area contributed by atoms with Crippen LogP contribution >= 0.6 is 46.6 Å². The summed E-state index contributed by atoms with van der Waals surface area (Å²) in [5.41, 5.74) is 3.99. The van der Waals surface area contributed by atoms with E-state index < -0.39 is 0 Å². The molecule has 7 heteroatoms. The minimum absolute atomic E-state index is 0.106. The first-order chi connectivity index (χ1) is 13.8. The number of benzene rings is 2. The SMILES string of the molecule is CCOc1cc(C=C2SC(=S)N(c3ccc(C)c(C)c3)C2=O)cc(I)c1OCC. The van der Waals surface area contributed by atoms with Gasteiger partial charge in [0.05, 0.1) is 27.4 Å². The molecule has 0 N–H and O–H groups in total. The summed E-state index contributed by atoms with van der Waals surface area (Å²) in [6, 6.07) is 9.82. The Morgan fingerprint density at radius 3 is 2.48 bits per heavy atom. The molecule has 2 aromatic carbocycles. The molecule has 1 heterocycles. The van der Waals surface area contributed by atoms with Crippen molar-refractivity contribution in [3.8, 4) is 11.5 Å². The number of carbonyl (C=O) groups is 1. The fourth-order valence-electron chi connectivity index (χ4n) is 2.93. The maximum atomic E-state index is 13.1. The van der Waals surface area contributed by atoms with Gasteiger partial charge < -0.3 is 9.47 Å². The molecule has 2 aromatic rings. The summed E-state index contributed by atoms with van der Waals surface area (Å²) in [5.74, 6) is 1.30. The van der Waals surface area contributed by atoms with Crippen molar-refractivity contribution in [2.75, 3.05) is 18.1 Å². The van der Waals surface area contributed by atoms with Crippen molar-refractivity contribution < 1.29 is 14.3 Å². The highest BCUT2D eigenvalue weighted by atomic mass is 127. The van der Waals surface area contributed by atoms with Crippen molar-refractivity contribution in [2.24, 2.45) is 0 Å². The summed E-state index contributed by atoms with van der Waals surface area (Å²) in [6.45, 7) is 9.05. The van der Waals surface area contributed by atoms with Crippen LogP contribution in [-0.4, -0.2) is 23.4 Å². The minimum Gasteiger partial charge on any atom is -0.490 e. The molecule has 0 bridgehead atoms. The molecule has 29 heavy (non-hydrogen) atoms.